The summed E-state index contributed by atoms with van der Waals surface area (Å²) in [6.45, 7) is 4.23. The van der Waals surface area contributed by atoms with Crippen LogP contribution in [-0.2, 0) is 30.5 Å². The summed E-state index contributed by atoms with van der Waals surface area (Å²) in [5.41, 5.74) is 2.26. The van der Waals surface area contributed by atoms with Crippen LogP contribution in [0.4, 0.5) is 5.69 Å². The van der Waals surface area contributed by atoms with E-state index in [0.717, 1.165) is 12.0 Å². The average Bonchev–Trinajstić information content (AvgIpc) is 3.03. The van der Waals surface area contributed by atoms with E-state index in [1.807, 2.05) is 12.1 Å². The Morgan fingerprint density at radius 3 is 2.03 bits per heavy atom. The number of aromatic nitrogens is 2. The molecule has 0 saturated carbocycles. The Bertz CT molecular complexity index is 1520. The van der Waals surface area contributed by atoms with Crippen LogP contribution in [-0.4, -0.2) is 24.7 Å². The number of imidazole rings is 1. The SMILES string of the molecule is COc1ccc(Oc2cc3c(cc2NS(=O)(=O)c2ccc(CC(C)C)cc2)n(C)c(=O)n3C)cc1. The molecule has 0 atom stereocenters. The van der Waals surface area contributed by atoms with Gasteiger partial charge in [0.15, 0.2) is 5.75 Å². The molecular weight excluding hydrogens is 466 g/mol. The van der Waals surface area contributed by atoms with Crippen molar-refractivity contribution in [2.24, 2.45) is 20.0 Å². The number of aryl methyl sites for hydroxylation is 2. The Kier molecular flexibility index (Phi) is 6.62. The van der Waals surface area contributed by atoms with Crippen molar-refractivity contribution in [2.75, 3.05) is 11.8 Å². The van der Waals surface area contributed by atoms with Crippen LogP contribution in [0.2, 0.25) is 0 Å². The maximum Gasteiger partial charge on any atom is 0.328 e. The van der Waals surface area contributed by atoms with Crippen LogP contribution >= 0.6 is 0 Å². The summed E-state index contributed by atoms with van der Waals surface area (Å²) in [6.07, 6.45) is 0.867. The minimum Gasteiger partial charge on any atom is -0.497 e. The number of sulfonamides is 1. The smallest absolute Gasteiger partial charge is 0.328 e. The average molecular weight is 496 g/mol. The molecule has 184 valence electrons. The Hall–Kier alpha value is -3.72. The highest BCUT2D eigenvalue weighted by Crippen LogP contribution is 2.35. The van der Waals surface area contributed by atoms with Gasteiger partial charge in [0, 0.05) is 20.2 Å². The molecule has 3 aromatic carbocycles. The van der Waals surface area contributed by atoms with Gasteiger partial charge in [-0.2, -0.15) is 0 Å². The molecule has 0 aliphatic carbocycles. The number of nitrogens with zero attached hydrogens (tertiary/aromatic N) is 2. The van der Waals surface area contributed by atoms with Gasteiger partial charge in [0.05, 0.1) is 28.7 Å². The Morgan fingerprint density at radius 2 is 1.46 bits per heavy atom. The Labute approximate surface area is 204 Å². The van der Waals surface area contributed by atoms with Gasteiger partial charge in [-0.05, 0) is 60.4 Å². The summed E-state index contributed by atoms with van der Waals surface area (Å²) >= 11 is 0. The molecule has 8 nitrogen and oxygen atoms in total. The molecular formula is C26H29N3O5S. The van der Waals surface area contributed by atoms with Crippen LogP contribution < -0.4 is 19.9 Å². The molecule has 4 aromatic rings. The molecule has 0 aliphatic heterocycles. The van der Waals surface area contributed by atoms with Crippen LogP contribution in [0.1, 0.15) is 19.4 Å². The number of nitrogens with one attached hydrogen (secondary N) is 1. The van der Waals surface area contributed by atoms with Crippen molar-refractivity contribution in [3.05, 3.63) is 76.7 Å². The zero-order valence-electron chi connectivity index (χ0n) is 20.4. The Balaban J connectivity index is 1.76. The van der Waals surface area contributed by atoms with Gasteiger partial charge in [0.1, 0.15) is 11.5 Å². The predicted molar refractivity (Wildman–Crippen MR) is 137 cm³/mol. The first-order valence-electron chi connectivity index (χ1n) is 11.2. The van der Waals surface area contributed by atoms with Gasteiger partial charge in [0.2, 0.25) is 0 Å². The van der Waals surface area contributed by atoms with Gasteiger partial charge < -0.3 is 9.47 Å². The lowest BCUT2D eigenvalue weighted by molar-refractivity contribution is 0.413. The fourth-order valence-corrected chi connectivity index (χ4v) is 5.00. The summed E-state index contributed by atoms with van der Waals surface area (Å²) in [6, 6.07) is 17.0. The first kappa shape index (κ1) is 24.4. The van der Waals surface area contributed by atoms with Crippen LogP contribution in [0, 0.1) is 5.92 Å². The molecule has 0 radical (unpaired) electrons. The zero-order chi connectivity index (χ0) is 25.3. The summed E-state index contributed by atoms with van der Waals surface area (Å²) in [5.74, 6) is 1.89. The molecule has 0 unspecified atom stereocenters. The lowest BCUT2D eigenvalue weighted by Gasteiger charge is -2.15. The van der Waals surface area contributed by atoms with Gasteiger partial charge in [-0.25, -0.2) is 13.2 Å². The molecule has 0 spiro atoms. The molecule has 0 fully saturated rings. The molecule has 9 heteroatoms. The second kappa shape index (κ2) is 9.50. The molecule has 0 amide bonds. The fourth-order valence-electron chi connectivity index (χ4n) is 3.94. The van der Waals surface area contributed by atoms with Crippen LogP contribution in [0.3, 0.4) is 0 Å². The molecule has 0 aliphatic rings. The first-order chi connectivity index (χ1) is 16.6. The van der Waals surface area contributed by atoms with Crippen molar-refractivity contribution in [3.8, 4) is 17.2 Å². The molecule has 4 rings (SSSR count). The summed E-state index contributed by atoms with van der Waals surface area (Å²) in [4.78, 5) is 12.6. The number of methoxy groups -OCH3 is 1. The van der Waals surface area contributed by atoms with E-state index in [1.54, 1.807) is 69.7 Å². The number of rotatable bonds is 8. The molecule has 35 heavy (non-hydrogen) atoms. The third-order valence-electron chi connectivity index (χ3n) is 5.78. The van der Waals surface area contributed by atoms with Crippen LogP contribution in [0.5, 0.6) is 17.2 Å². The number of ether oxygens (including phenoxy) is 2. The van der Waals surface area contributed by atoms with E-state index in [9.17, 15) is 13.2 Å². The molecule has 0 saturated heterocycles. The number of hydrogen-bond acceptors (Lipinski definition) is 5. The second-order valence-electron chi connectivity index (χ2n) is 8.86. The van der Waals surface area contributed by atoms with E-state index in [4.69, 9.17) is 9.47 Å². The number of anilines is 1. The minimum absolute atomic E-state index is 0.141. The fraction of sp³-hybridized carbons (Fsp3) is 0.269. The molecule has 1 aromatic heterocycles. The van der Waals surface area contributed by atoms with Crippen molar-refractivity contribution >= 4 is 26.7 Å². The standard InChI is InChI=1S/C26H29N3O5S/c1-17(2)14-18-6-12-21(13-7-18)35(31,32)27-22-15-23-24(29(4)26(30)28(23)3)16-25(22)34-20-10-8-19(33-5)9-11-20/h6-13,15-17,27H,14H2,1-5H3. The van der Waals surface area contributed by atoms with Crippen LogP contribution in [0.15, 0.2) is 70.4 Å². The number of benzene rings is 3. The highest BCUT2D eigenvalue weighted by Gasteiger charge is 2.20. The van der Waals surface area contributed by atoms with E-state index in [0.29, 0.717) is 28.5 Å². The molecule has 1 N–H and O–H groups in total. The summed E-state index contributed by atoms with van der Waals surface area (Å²) < 4.78 is 43.4. The zero-order valence-corrected chi connectivity index (χ0v) is 21.2. The monoisotopic (exact) mass is 495 g/mol. The van der Waals surface area contributed by atoms with E-state index >= 15 is 0 Å². The minimum atomic E-state index is -3.91. The van der Waals surface area contributed by atoms with Crippen molar-refractivity contribution in [2.45, 2.75) is 25.2 Å². The normalized spacial score (nSPS) is 11.7. The van der Waals surface area contributed by atoms with Gasteiger partial charge >= 0.3 is 5.69 Å². The molecule has 0 bridgehead atoms. The summed E-state index contributed by atoms with van der Waals surface area (Å²) in [7, 11) is 0.955. The second-order valence-corrected chi connectivity index (χ2v) is 10.5. The Morgan fingerprint density at radius 1 is 0.886 bits per heavy atom. The third kappa shape index (κ3) is 5.05. The summed E-state index contributed by atoms with van der Waals surface area (Å²) in [5, 5.41) is 0. The van der Waals surface area contributed by atoms with E-state index < -0.39 is 10.0 Å². The lowest BCUT2D eigenvalue weighted by Crippen LogP contribution is -2.19. The quantitative estimate of drug-likeness (QED) is 0.383. The number of fused-ring (bicyclic) bond motifs is 1. The van der Waals surface area contributed by atoms with Gasteiger partial charge in [0.25, 0.3) is 10.0 Å². The van der Waals surface area contributed by atoms with Crippen molar-refractivity contribution < 1.29 is 17.9 Å². The van der Waals surface area contributed by atoms with E-state index in [1.165, 1.54) is 9.13 Å². The topological polar surface area (TPSA) is 91.6 Å². The lowest BCUT2D eigenvalue weighted by atomic mass is 10.0. The van der Waals surface area contributed by atoms with Crippen molar-refractivity contribution in [1.82, 2.24) is 9.13 Å². The largest absolute Gasteiger partial charge is 0.497 e. The van der Waals surface area contributed by atoms with Crippen LogP contribution in [0.25, 0.3) is 11.0 Å². The van der Waals surface area contributed by atoms with Crippen molar-refractivity contribution in [1.29, 1.82) is 0 Å². The maximum atomic E-state index is 13.3. The van der Waals surface area contributed by atoms with E-state index in [-0.39, 0.29) is 22.0 Å². The van der Waals surface area contributed by atoms with Gasteiger partial charge in [-0.3, -0.25) is 13.9 Å². The van der Waals surface area contributed by atoms with E-state index in [2.05, 4.69) is 18.6 Å². The van der Waals surface area contributed by atoms with Crippen molar-refractivity contribution in [3.63, 3.8) is 0 Å². The maximum absolute atomic E-state index is 13.3. The van der Waals surface area contributed by atoms with Gasteiger partial charge in [-0.1, -0.05) is 26.0 Å². The highest BCUT2D eigenvalue weighted by molar-refractivity contribution is 7.92. The first-order valence-corrected chi connectivity index (χ1v) is 12.7. The van der Waals surface area contributed by atoms with Gasteiger partial charge in [-0.15, -0.1) is 0 Å². The molecule has 1 heterocycles. The predicted octanol–water partition coefficient (Wildman–Crippen LogP) is 4.68. The highest BCUT2D eigenvalue weighted by atomic mass is 32.2. The third-order valence-corrected chi connectivity index (χ3v) is 7.16. The number of hydrogen-bond donors (Lipinski definition) is 1.